The minimum absolute atomic E-state index is 0.0665. The van der Waals surface area contributed by atoms with Crippen molar-refractivity contribution >= 4 is 44.4 Å². The first-order valence-electron chi connectivity index (χ1n) is 9.73. The third-order valence-electron chi connectivity index (χ3n) is 6.04. The van der Waals surface area contributed by atoms with E-state index in [-0.39, 0.29) is 11.9 Å². The number of esters is 1. The van der Waals surface area contributed by atoms with E-state index >= 15 is 0 Å². The molecule has 0 heterocycles. The average Bonchev–Trinajstić information content (AvgIpc) is 2.72. The van der Waals surface area contributed by atoms with Gasteiger partial charge in [0.1, 0.15) is 6.61 Å². The van der Waals surface area contributed by atoms with Crippen molar-refractivity contribution in [2.75, 3.05) is 0 Å². The van der Waals surface area contributed by atoms with E-state index < -0.39 is 0 Å². The molecular weight excluding hydrogens is 332 g/mol. The molecule has 0 N–H and O–H groups in total. The van der Waals surface area contributed by atoms with Crippen LogP contribution in [0.15, 0.2) is 48.5 Å². The maximum atomic E-state index is 12.3. The van der Waals surface area contributed by atoms with Gasteiger partial charge in [0, 0.05) is 5.56 Å². The minimum atomic E-state index is -0.116. The number of rotatable bonds is 4. The monoisotopic (exact) mass is 354 g/mol. The zero-order valence-corrected chi connectivity index (χ0v) is 15.7. The molecule has 0 fully saturated rings. The highest BCUT2D eigenvalue weighted by atomic mass is 16.5. The Balaban J connectivity index is 1.83. The molecule has 134 valence electrons. The van der Waals surface area contributed by atoms with Gasteiger partial charge in [0.05, 0.1) is 5.92 Å². The summed E-state index contributed by atoms with van der Waals surface area (Å²) in [4.78, 5) is 12.3. The Hall–Kier alpha value is -2.87. The summed E-state index contributed by atoms with van der Waals surface area (Å²) in [6, 6.07) is 17.4. The molecular formula is C25H22O2. The first-order valence-corrected chi connectivity index (χ1v) is 9.73. The Morgan fingerprint density at radius 1 is 1.00 bits per heavy atom. The summed E-state index contributed by atoms with van der Waals surface area (Å²) < 4.78 is 5.74. The van der Waals surface area contributed by atoms with E-state index in [9.17, 15) is 4.79 Å². The molecule has 0 radical (unpaired) electrons. The van der Waals surface area contributed by atoms with E-state index in [1.165, 1.54) is 43.1 Å². The van der Waals surface area contributed by atoms with Crippen LogP contribution in [0.25, 0.3) is 38.4 Å². The largest absolute Gasteiger partial charge is 0.461 e. The van der Waals surface area contributed by atoms with Crippen LogP contribution < -0.4 is 5.22 Å². The van der Waals surface area contributed by atoms with Crippen molar-refractivity contribution in [3.63, 3.8) is 0 Å². The molecule has 0 spiro atoms. The Kier molecular flexibility index (Phi) is 3.68. The van der Waals surface area contributed by atoms with Crippen LogP contribution >= 0.6 is 0 Å². The lowest BCUT2D eigenvalue weighted by Crippen LogP contribution is -2.15. The third kappa shape index (κ3) is 2.36. The van der Waals surface area contributed by atoms with Crippen LogP contribution in [0.3, 0.4) is 0 Å². The second kappa shape index (κ2) is 6.09. The third-order valence-corrected chi connectivity index (χ3v) is 6.04. The van der Waals surface area contributed by atoms with Crippen molar-refractivity contribution < 1.29 is 9.53 Å². The number of carbonyl (C=O) groups excluding carboxylic acids is 1. The lowest BCUT2D eigenvalue weighted by molar-refractivity contribution is -0.149. The summed E-state index contributed by atoms with van der Waals surface area (Å²) in [7, 11) is 0. The number of benzene rings is 4. The molecule has 0 saturated heterocycles. The predicted molar refractivity (Wildman–Crippen MR) is 112 cm³/mol. The molecule has 1 unspecified atom stereocenters. The average molecular weight is 354 g/mol. The SMILES string of the molecule is CCC(C)C(=O)OCc1c2cccc3c2c2c(ccc4cccc1c42)=CC3. The molecule has 4 aromatic rings. The first-order chi connectivity index (χ1) is 13.2. The van der Waals surface area contributed by atoms with Crippen LogP contribution in [0.1, 0.15) is 31.4 Å². The molecule has 0 aliphatic heterocycles. The quantitative estimate of drug-likeness (QED) is 0.283. The Morgan fingerprint density at radius 3 is 2.59 bits per heavy atom. The second-order valence-electron chi connectivity index (χ2n) is 7.58. The molecule has 2 heteroatoms. The van der Waals surface area contributed by atoms with Crippen LogP contribution in [-0.4, -0.2) is 5.97 Å². The number of carbonyl (C=O) groups is 1. The molecule has 0 amide bonds. The van der Waals surface area contributed by atoms with E-state index in [1.807, 2.05) is 13.8 Å². The Labute approximate surface area is 158 Å². The molecule has 1 aliphatic rings. The van der Waals surface area contributed by atoms with Gasteiger partial charge < -0.3 is 4.74 Å². The second-order valence-corrected chi connectivity index (χ2v) is 7.58. The maximum Gasteiger partial charge on any atom is 0.308 e. The summed E-state index contributed by atoms with van der Waals surface area (Å²) in [6.45, 7) is 4.27. The van der Waals surface area contributed by atoms with E-state index in [4.69, 9.17) is 4.74 Å². The van der Waals surface area contributed by atoms with Gasteiger partial charge in [-0.05, 0) is 55.9 Å². The van der Waals surface area contributed by atoms with Gasteiger partial charge in [-0.25, -0.2) is 0 Å². The van der Waals surface area contributed by atoms with Gasteiger partial charge in [-0.2, -0.15) is 0 Å². The molecule has 1 atom stereocenters. The number of hydrogen-bond donors (Lipinski definition) is 0. The molecule has 0 bridgehead atoms. The fraction of sp³-hybridized carbons (Fsp3) is 0.240. The Bertz CT molecular complexity index is 1270. The van der Waals surface area contributed by atoms with Gasteiger partial charge in [-0.3, -0.25) is 4.79 Å². The molecule has 27 heavy (non-hydrogen) atoms. The summed E-state index contributed by atoms with van der Waals surface area (Å²) in [5, 5.41) is 8.93. The highest BCUT2D eigenvalue weighted by Gasteiger charge is 2.20. The predicted octanol–water partition coefficient (Wildman–Crippen LogP) is 5.29. The van der Waals surface area contributed by atoms with E-state index in [0.29, 0.717) is 6.61 Å². The van der Waals surface area contributed by atoms with E-state index in [0.717, 1.165) is 18.4 Å². The molecule has 5 rings (SSSR count). The Morgan fingerprint density at radius 2 is 1.78 bits per heavy atom. The van der Waals surface area contributed by atoms with Gasteiger partial charge in [0.25, 0.3) is 0 Å². The van der Waals surface area contributed by atoms with Gasteiger partial charge in [-0.15, -0.1) is 0 Å². The van der Waals surface area contributed by atoms with Gasteiger partial charge in [0.15, 0.2) is 0 Å². The number of ether oxygens (including phenoxy) is 1. The first kappa shape index (κ1) is 16.3. The molecule has 4 aromatic carbocycles. The van der Waals surface area contributed by atoms with Crippen molar-refractivity contribution in [2.45, 2.75) is 33.3 Å². The van der Waals surface area contributed by atoms with Crippen molar-refractivity contribution in [3.8, 4) is 0 Å². The van der Waals surface area contributed by atoms with Gasteiger partial charge >= 0.3 is 5.97 Å². The van der Waals surface area contributed by atoms with Crippen LogP contribution in [0, 0.1) is 5.92 Å². The lowest BCUT2D eigenvalue weighted by atomic mass is 9.85. The fourth-order valence-corrected chi connectivity index (χ4v) is 4.38. The van der Waals surface area contributed by atoms with Crippen LogP contribution in [0.2, 0.25) is 0 Å². The van der Waals surface area contributed by atoms with Crippen LogP contribution in [0.4, 0.5) is 0 Å². The summed E-state index contributed by atoms with van der Waals surface area (Å²) >= 11 is 0. The highest BCUT2D eigenvalue weighted by molar-refractivity contribution is 6.24. The van der Waals surface area contributed by atoms with Crippen molar-refractivity contribution in [1.29, 1.82) is 0 Å². The van der Waals surface area contributed by atoms with E-state index in [2.05, 4.69) is 54.6 Å². The summed E-state index contributed by atoms with van der Waals surface area (Å²) in [6.07, 6.45) is 4.07. The normalized spacial score (nSPS) is 14.0. The van der Waals surface area contributed by atoms with Crippen LogP contribution in [0.5, 0.6) is 0 Å². The fourth-order valence-electron chi connectivity index (χ4n) is 4.38. The van der Waals surface area contributed by atoms with Gasteiger partial charge in [-0.1, -0.05) is 68.5 Å². The smallest absolute Gasteiger partial charge is 0.308 e. The molecule has 0 saturated carbocycles. The van der Waals surface area contributed by atoms with Gasteiger partial charge in [0.2, 0.25) is 0 Å². The zero-order valence-electron chi connectivity index (χ0n) is 15.7. The zero-order chi connectivity index (χ0) is 18.5. The molecule has 2 nitrogen and oxygen atoms in total. The summed E-state index contributed by atoms with van der Waals surface area (Å²) in [5.41, 5.74) is 2.48. The van der Waals surface area contributed by atoms with Crippen LogP contribution in [-0.2, 0) is 22.6 Å². The molecule has 1 aliphatic carbocycles. The topological polar surface area (TPSA) is 26.3 Å². The van der Waals surface area contributed by atoms with Crippen molar-refractivity contribution in [3.05, 3.63) is 64.9 Å². The molecule has 0 aromatic heterocycles. The summed E-state index contributed by atoms with van der Waals surface area (Å²) in [5.74, 6) is -0.182. The van der Waals surface area contributed by atoms with Crippen molar-refractivity contribution in [2.24, 2.45) is 5.92 Å². The van der Waals surface area contributed by atoms with Crippen molar-refractivity contribution in [1.82, 2.24) is 0 Å². The van der Waals surface area contributed by atoms with E-state index in [1.54, 1.807) is 0 Å². The highest BCUT2D eigenvalue weighted by Crippen LogP contribution is 2.38. The number of hydrogen-bond acceptors (Lipinski definition) is 2. The standard InChI is InChI=1S/C25H22O2/c1-3-15(2)25(26)27-14-21-19-8-4-6-16-10-12-18-13-11-17-7-5-9-20(21)23(17)24(18)22(16)19/h4-10,12-13,15H,3,11,14H2,1-2H3. The minimum Gasteiger partial charge on any atom is -0.461 e. The lowest BCUT2D eigenvalue weighted by Gasteiger charge is -2.20. The maximum absolute atomic E-state index is 12.3.